The van der Waals surface area contributed by atoms with E-state index in [9.17, 15) is 13.9 Å². The average molecular weight is 446 g/mol. The highest BCUT2D eigenvalue weighted by Crippen LogP contribution is 2.40. The Morgan fingerprint density at radius 1 is 0.714 bits per heavy atom. The zero-order chi connectivity index (χ0) is 22.1. The molecule has 0 amide bonds. The van der Waals surface area contributed by atoms with Gasteiger partial charge in [0.1, 0.15) is 5.78 Å². The Morgan fingerprint density at radius 3 is 1.32 bits per heavy atom. The number of carbonyl (C=O) groups is 1. The molecule has 4 N–H and O–H groups in total. The van der Waals surface area contributed by atoms with Gasteiger partial charge in [-0.15, -0.1) is 0 Å². The highest BCUT2D eigenvalue weighted by molar-refractivity contribution is 7.46. The Kier molecular flexibility index (Phi) is 11.9. The summed E-state index contributed by atoms with van der Waals surface area (Å²) in [4.78, 5) is 46.9. The normalized spacial score (nSPS) is 13.7. The fourth-order valence-electron chi connectivity index (χ4n) is 2.64. The fourth-order valence-corrected chi connectivity index (χ4v) is 3.67. The summed E-state index contributed by atoms with van der Waals surface area (Å²) >= 11 is 0. The number of carbonyl (C=O) groups excluding carboxylic acids is 1. The lowest BCUT2D eigenvalue weighted by Crippen LogP contribution is -2.19. The van der Waals surface area contributed by atoms with Crippen molar-refractivity contribution in [2.75, 3.05) is 13.2 Å². The summed E-state index contributed by atoms with van der Waals surface area (Å²) in [6, 6.07) is 0. The molecule has 0 radical (unpaired) electrons. The van der Waals surface area contributed by atoms with Gasteiger partial charge in [-0.2, -0.15) is 0 Å². The van der Waals surface area contributed by atoms with Crippen molar-refractivity contribution in [3.8, 4) is 0 Å². The van der Waals surface area contributed by atoms with E-state index in [1.165, 1.54) is 0 Å². The summed E-state index contributed by atoms with van der Waals surface area (Å²) in [5.74, 6) is 0.175. The second kappa shape index (κ2) is 11.9. The van der Waals surface area contributed by atoms with Crippen LogP contribution in [-0.2, 0) is 23.0 Å². The molecule has 0 unspecified atom stereocenters. The van der Waals surface area contributed by atoms with Crippen molar-refractivity contribution in [1.82, 2.24) is 0 Å². The molecule has 0 aliphatic carbocycles. The molecule has 0 bridgehead atoms. The summed E-state index contributed by atoms with van der Waals surface area (Å²) in [7, 11) is -8.92. The predicted octanol–water partition coefficient (Wildman–Crippen LogP) is 3.95. The second-order valence-electron chi connectivity index (χ2n) is 8.81. The van der Waals surface area contributed by atoms with E-state index in [4.69, 9.17) is 19.6 Å². The minimum atomic E-state index is -4.46. The maximum absolute atomic E-state index is 12.0. The van der Waals surface area contributed by atoms with Crippen molar-refractivity contribution in [1.29, 1.82) is 0 Å². The van der Waals surface area contributed by atoms with Gasteiger partial charge in [-0.3, -0.25) is 13.8 Å². The highest BCUT2D eigenvalue weighted by atomic mass is 31.2. The lowest BCUT2D eigenvalue weighted by molar-refractivity contribution is -0.119. The van der Waals surface area contributed by atoms with Crippen molar-refractivity contribution in [3.63, 3.8) is 0 Å². The van der Waals surface area contributed by atoms with Gasteiger partial charge < -0.3 is 19.6 Å². The molecule has 0 aromatic carbocycles. The molecule has 0 atom stereocenters. The lowest BCUT2D eigenvalue weighted by atomic mass is 9.87. The summed E-state index contributed by atoms with van der Waals surface area (Å²) in [6.45, 7) is 7.38. The Bertz CT molecular complexity index is 515. The quantitative estimate of drug-likeness (QED) is 0.204. The van der Waals surface area contributed by atoms with Crippen molar-refractivity contribution < 1.29 is 42.5 Å². The number of rotatable bonds is 16. The molecule has 0 aliphatic rings. The Hall–Kier alpha value is -0.110. The number of hydrogen-bond acceptors (Lipinski definition) is 5. The third-order valence-electron chi connectivity index (χ3n) is 4.37. The molecule has 0 aromatic heterocycles. The number of hydrogen-bond donors (Lipinski definition) is 4. The maximum atomic E-state index is 12.0. The molecule has 168 valence electrons. The molecule has 0 aromatic rings. The zero-order valence-corrected chi connectivity index (χ0v) is 19.1. The van der Waals surface area contributed by atoms with Gasteiger partial charge in [0, 0.05) is 12.8 Å². The first-order chi connectivity index (χ1) is 12.5. The summed E-state index contributed by atoms with van der Waals surface area (Å²) < 4.78 is 30.6. The molecule has 9 nitrogen and oxygen atoms in total. The van der Waals surface area contributed by atoms with Crippen LogP contribution in [0, 0.1) is 10.8 Å². The van der Waals surface area contributed by atoms with Crippen LogP contribution in [0.1, 0.15) is 79.1 Å². The SMILES string of the molecule is CC(C)(CCCCC(=O)CCCCC(C)(C)COP(=O)(O)O)COP(=O)(O)O. The lowest BCUT2D eigenvalue weighted by Gasteiger charge is -2.24. The fraction of sp³-hybridized carbons (Fsp3) is 0.941. The van der Waals surface area contributed by atoms with E-state index in [1.54, 1.807) is 0 Å². The van der Waals surface area contributed by atoms with E-state index in [1.807, 2.05) is 27.7 Å². The van der Waals surface area contributed by atoms with Crippen LogP contribution in [0.5, 0.6) is 0 Å². The average Bonchev–Trinajstić information content (AvgIpc) is 2.51. The van der Waals surface area contributed by atoms with Crippen LogP contribution < -0.4 is 0 Å². The van der Waals surface area contributed by atoms with Crippen LogP contribution in [-0.4, -0.2) is 38.6 Å². The van der Waals surface area contributed by atoms with Crippen molar-refractivity contribution in [3.05, 3.63) is 0 Å². The minimum Gasteiger partial charge on any atom is -0.303 e. The number of phosphoric ester groups is 2. The Morgan fingerprint density at radius 2 is 1.04 bits per heavy atom. The topological polar surface area (TPSA) is 151 Å². The number of unbranched alkanes of at least 4 members (excludes halogenated alkanes) is 2. The Labute approximate surface area is 167 Å². The number of Topliss-reactive ketones (excluding diaryl/α,β-unsaturated/α-hetero) is 1. The van der Waals surface area contributed by atoms with Gasteiger partial charge in [-0.1, -0.05) is 40.5 Å². The Balaban J connectivity index is 3.88. The van der Waals surface area contributed by atoms with Gasteiger partial charge in [0.25, 0.3) is 0 Å². The van der Waals surface area contributed by atoms with Gasteiger partial charge in [0.05, 0.1) is 13.2 Å². The van der Waals surface area contributed by atoms with Gasteiger partial charge in [-0.25, -0.2) is 9.13 Å². The molecule has 0 spiro atoms. The zero-order valence-electron chi connectivity index (χ0n) is 17.3. The van der Waals surface area contributed by atoms with E-state index in [-0.39, 0.29) is 29.8 Å². The standard InChI is InChI=1S/C17H36O9P2/c1-16(2,13-25-27(19,20)21)11-7-5-9-15(18)10-6-8-12-17(3,4)14-26-28(22,23)24/h5-14H2,1-4H3,(H2,19,20,21)(H2,22,23,24). The minimum absolute atomic E-state index is 0.0350. The van der Waals surface area contributed by atoms with Crippen molar-refractivity contribution in [2.24, 2.45) is 10.8 Å². The molecular formula is C17H36O9P2. The molecular weight excluding hydrogens is 410 g/mol. The van der Waals surface area contributed by atoms with Crippen LogP contribution in [0.25, 0.3) is 0 Å². The first-order valence-electron chi connectivity index (χ1n) is 9.43. The maximum Gasteiger partial charge on any atom is 0.469 e. The summed E-state index contributed by atoms with van der Waals surface area (Å²) in [5, 5.41) is 0. The molecule has 0 fully saturated rings. The third-order valence-corrected chi connectivity index (χ3v) is 5.30. The molecule has 0 aliphatic heterocycles. The third kappa shape index (κ3) is 18.0. The first kappa shape index (κ1) is 27.9. The molecule has 0 saturated heterocycles. The van der Waals surface area contributed by atoms with Crippen LogP contribution in [0.2, 0.25) is 0 Å². The molecule has 0 heterocycles. The molecule has 0 rings (SSSR count). The van der Waals surface area contributed by atoms with E-state index in [0.717, 1.165) is 25.7 Å². The predicted molar refractivity (Wildman–Crippen MR) is 105 cm³/mol. The number of phosphoric acid groups is 2. The van der Waals surface area contributed by atoms with E-state index in [0.29, 0.717) is 25.7 Å². The van der Waals surface area contributed by atoms with Gasteiger partial charge in [0.15, 0.2) is 0 Å². The molecule has 28 heavy (non-hydrogen) atoms. The van der Waals surface area contributed by atoms with Crippen LogP contribution in [0.4, 0.5) is 0 Å². The van der Waals surface area contributed by atoms with Crippen LogP contribution >= 0.6 is 15.6 Å². The highest BCUT2D eigenvalue weighted by Gasteiger charge is 2.25. The van der Waals surface area contributed by atoms with E-state index in [2.05, 4.69) is 9.05 Å². The molecule has 0 saturated carbocycles. The smallest absolute Gasteiger partial charge is 0.303 e. The van der Waals surface area contributed by atoms with E-state index >= 15 is 0 Å². The van der Waals surface area contributed by atoms with Crippen molar-refractivity contribution in [2.45, 2.75) is 79.1 Å². The van der Waals surface area contributed by atoms with Crippen LogP contribution in [0.3, 0.4) is 0 Å². The van der Waals surface area contributed by atoms with E-state index < -0.39 is 15.6 Å². The monoisotopic (exact) mass is 446 g/mol. The van der Waals surface area contributed by atoms with Gasteiger partial charge in [0.2, 0.25) is 0 Å². The summed E-state index contributed by atoms with van der Waals surface area (Å²) in [5.41, 5.74) is -0.740. The summed E-state index contributed by atoms with van der Waals surface area (Å²) in [6.07, 6.45) is 5.34. The van der Waals surface area contributed by atoms with Gasteiger partial charge in [-0.05, 0) is 36.5 Å². The first-order valence-corrected chi connectivity index (χ1v) is 12.5. The largest absolute Gasteiger partial charge is 0.469 e. The van der Waals surface area contributed by atoms with Crippen LogP contribution in [0.15, 0.2) is 0 Å². The van der Waals surface area contributed by atoms with Crippen molar-refractivity contribution >= 4 is 21.4 Å². The number of ketones is 1. The molecule has 11 heteroatoms. The second-order valence-corrected chi connectivity index (χ2v) is 11.3. The van der Waals surface area contributed by atoms with Gasteiger partial charge >= 0.3 is 15.6 Å².